The molecule has 0 aromatic heterocycles. The Labute approximate surface area is 189 Å². The Morgan fingerprint density at radius 2 is 1.78 bits per heavy atom. The molecule has 2 aromatic rings. The number of amides is 2. The van der Waals surface area contributed by atoms with Crippen LogP contribution < -0.4 is 19.5 Å². The van der Waals surface area contributed by atoms with E-state index in [1.54, 1.807) is 31.3 Å². The van der Waals surface area contributed by atoms with Crippen LogP contribution in [0.15, 0.2) is 49.1 Å². The molecule has 1 N–H and O–H groups in total. The molecule has 1 aliphatic heterocycles. The van der Waals surface area contributed by atoms with Gasteiger partial charge < -0.3 is 24.4 Å². The second-order valence-corrected chi connectivity index (χ2v) is 7.50. The summed E-state index contributed by atoms with van der Waals surface area (Å²) in [6.45, 7) is 6.53. The van der Waals surface area contributed by atoms with Gasteiger partial charge in [-0.05, 0) is 35.7 Å². The van der Waals surface area contributed by atoms with Gasteiger partial charge in [-0.2, -0.15) is 0 Å². The summed E-state index contributed by atoms with van der Waals surface area (Å²) in [6, 6.07) is 10.4. The van der Waals surface area contributed by atoms with Crippen molar-refractivity contribution >= 4 is 11.8 Å². The van der Waals surface area contributed by atoms with Crippen LogP contribution >= 0.6 is 0 Å². The van der Waals surface area contributed by atoms with Crippen molar-refractivity contribution < 1.29 is 23.8 Å². The van der Waals surface area contributed by atoms with Crippen molar-refractivity contribution in [2.75, 3.05) is 34.4 Å². The van der Waals surface area contributed by atoms with Crippen LogP contribution in [0, 0.1) is 0 Å². The predicted molar refractivity (Wildman–Crippen MR) is 123 cm³/mol. The average Bonchev–Trinajstić information content (AvgIpc) is 2.83. The van der Waals surface area contributed by atoms with Gasteiger partial charge in [0, 0.05) is 18.7 Å². The molecule has 0 fully saturated rings. The lowest BCUT2D eigenvalue weighted by Gasteiger charge is -2.42. The number of hydrogen-bond donors (Lipinski definition) is 1. The van der Waals surface area contributed by atoms with Crippen LogP contribution in [0.5, 0.6) is 17.2 Å². The topological polar surface area (TPSA) is 77.1 Å². The first-order chi connectivity index (χ1) is 15.5. The number of nitrogens with zero attached hydrogens (tertiary/aromatic N) is 1. The lowest BCUT2D eigenvalue weighted by molar-refractivity contribution is -0.124. The standard InChI is InChI=1S/C25H30N2O5/c1-6-12-26-24(28)21-17-10-8-9-11-18(17)25(29)27(13-7-2)22(21)16-14-19(30-3)23(32-5)20(15-16)31-4/h6,8-11,14-15,21-22H,1,7,12-13H2,2-5H3,(H,26,28)/t21-,22+/m1/s1. The van der Waals surface area contributed by atoms with E-state index >= 15 is 0 Å². The van der Waals surface area contributed by atoms with Crippen LogP contribution in [0.2, 0.25) is 0 Å². The molecule has 0 spiro atoms. The molecule has 7 heteroatoms. The van der Waals surface area contributed by atoms with Crippen LogP contribution in [0.25, 0.3) is 0 Å². The summed E-state index contributed by atoms with van der Waals surface area (Å²) in [6.07, 6.45) is 2.38. The van der Waals surface area contributed by atoms with Crippen molar-refractivity contribution in [3.05, 3.63) is 65.7 Å². The maximum Gasteiger partial charge on any atom is 0.254 e. The third-order valence-electron chi connectivity index (χ3n) is 5.63. The van der Waals surface area contributed by atoms with Crippen LogP contribution in [0.3, 0.4) is 0 Å². The van der Waals surface area contributed by atoms with E-state index < -0.39 is 12.0 Å². The van der Waals surface area contributed by atoms with E-state index in [2.05, 4.69) is 11.9 Å². The van der Waals surface area contributed by atoms with Gasteiger partial charge in [0.25, 0.3) is 5.91 Å². The van der Waals surface area contributed by atoms with Crippen molar-refractivity contribution in [2.24, 2.45) is 0 Å². The highest BCUT2D eigenvalue weighted by Crippen LogP contribution is 2.47. The van der Waals surface area contributed by atoms with Gasteiger partial charge >= 0.3 is 0 Å². The fourth-order valence-electron chi connectivity index (χ4n) is 4.29. The summed E-state index contributed by atoms with van der Waals surface area (Å²) in [7, 11) is 4.62. The van der Waals surface area contributed by atoms with Crippen molar-refractivity contribution in [3.63, 3.8) is 0 Å². The highest BCUT2D eigenvalue weighted by molar-refractivity contribution is 6.01. The monoisotopic (exact) mass is 438 g/mol. The van der Waals surface area contributed by atoms with Crippen molar-refractivity contribution in [1.82, 2.24) is 10.2 Å². The SMILES string of the molecule is C=CCNC(=O)[C@@H]1c2ccccc2C(=O)N(CCC)[C@H]1c1cc(OC)c(OC)c(OC)c1. The quantitative estimate of drug-likeness (QED) is 0.604. The molecular formula is C25H30N2O5. The third-order valence-corrected chi connectivity index (χ3v) is 5.63. The Balaban J connectivity index is 2.26. The summed E-state index contributed by atoms with van der Waals surface area (Å²) in [5.74, 6) is 0.498. The van der Waals surface area contributed by atoms with Gasteiger partial charge in [0.05, 0.1) is 33.3 Å². The summed E-state index contributed by atoms with van der Waals surface area (Å²) in [5, 5.41) is 2.92. The summed E-state index contributed by atoms with van der Waals surface area (Å²) in [4.78, 5) is 28.7. The van der Waals surface area contributed by atoms with Crippen molar-refractivity contribution in [1.29, 1.82) is 0 Å². The molecular weight excluding hydrogens is 408 g/mol. The number of carbonyl (C=O) groups is 2. The summed E-state index contributed by atoms with van der Waals surface area (Å²) < 4.78 is 16.5. The largest absolute Gasteiger partial charge is 0.493 e. The fraction of sp³-hybridized carbons (Fsp3) is 0.360. The molecule has 0 saturated heterocycles. The number of ether oxygens (including phenoxy) is 3. The fourth-order valence-corrected chi connectivity index (χ4v) is 4.29. The molecule has 0 bridgehead atoms. The molecule has 2 amide bonds. The number of benzene rings is 2. The minimum atomic E-state index is -0.613. The molecule has 2 aromatic carbocycles. The van der Waals surface area contributed by atoms with Crippen molar-refractivity contribution in [3.8, 4) is 17.2 Å². The normalized spacial score (nSPS) is 17.4. The molecule has 0 aliphatic carbocycles. The molecule has 7 nitrogen and oxygen atoms in total. The Morgan fingerprint density at radius 3 is 2.34 bits per heavy atom. The van der Waals surface area contributed by atoms with Gasteiger partial charge in [0.2, 0.25) is 11.7 Å². The van der Waals surface area contributed by atoms with Gasteiger partial charge in [-0.1, -0.05) is 31.2 Å². The summed E-state index contributed by atoms with van der Waals surface area (Å²) in [5.41, 5.74) is 1.98. The Bertz CT molecular complexity index is 979. The minimum Gasteiger partial charge on any atom is -0.493 e. The number of carbonyl (C=O) groups excluding carboxylic acids is 2. The molecule has 3 rings (SSSR count). The van der Waals surface area contributed by atoms with Gasteiger partial charge in [-0.3, -0.25) is 9.59 Å². The van der Waals surface area contributed by atoms with E-state index in [4.69, 9.17) is 14.2 Å². The molecule has 170 valence electrons. The molecule has 32 heavy (non-hydrogen) atoms. The maximum atomic E-state index is 13.5. The highest BCUT2D eigenvalue weighted by atomic mass is 16.5. The number of fused-ring (bicyclic) bond motifs is 1. The number of methoxy groups -OCH3 is 3. The first-order valence-electron chi connectivity index (χ1n) is 10.6. The van der Waals surface area contributed by atoms with Gasteiger partial charge in [0.15, 0.2) is 11.5 Å². The predicted octanol–water partition coefficient (Wildman–Crippen LogP) is 3.71. The molecule has 2 atom stereocenters. The van der Waals surface area contributed by atoms with Crippen LogP contribution in [-0.4, -0.2) is 51.1 Å². The zero-order valence-corrected chi connectivity index (χ0v) is 19.0. The van der Waals surface area contributed by atoms with E-state index in [0.29, 0.717) is 41.5 Å². The smallest absolute Gasteiger partial charge is 0.254 e. The number of hydrogen-bond acceptors (Lipinski definition) is 5. The second kappa shape index (κ2) is 10.2. The Kier molecular flexibility index (Phi) is 7.41. The van der Waals surface area contributed by atoms with Crippen molar-refractivity contribution in [2.45, 2.75) is 25.3 Å². The third kappa shape index (κ3) is 4.15. The molecule has 0 unspecified atom stereocenters. The van der Waals surface area contributed by atoms with E-state index in [-0.39, 0.29) is 11.8 Å². The first-order valence-corrected chi connectivity index (χ1v) is 10.6. The first kappa shape index (κ1) is 23.2. The lowest BCUT2D eigenvalue weighted by atomic mass is 9.79. The van der Waals surface area contributed by atoms with E-state index in [0.717, 1.165) is 12.0 Å². The minimum absolute atomic E-state index is 0.103. The summed E-state index contributed by atoms with van der Waals surface area (Å²) >= 11 is 0. The van der Waals surface area contributed by atoms with E-state index in [1.165, 1.54) is 7.11 Å². The molecule has 1 aliphatic rings. The van der Waals surface area contributed by atoms with Gasteiger partial charge in [0.1, 0.15) is 0 Å². The average molecular weight is 439 g/mol. The molecule has 0 saturated carbocycles. The van der Waals surface area contributed by atoms with Crippen LogP contribution in [-0.2, 0) is 4.79 Å². The van der Waals surface area contributed by atoms with E-state index in [9.17, 15) is 9.59 Å². The Morgan fingerprint density at radius 1 is 1.12 bits per heavy atom. The lowest BCUT2D eigenvalue weighted by Crippen LogP contribution is -2.47. The molecule has 1 heterocycles. The number of nitrogens with one attached hydrogen (secondary N) is 1. The van der Waals surface area contributed by atoms with Crippen LogP contribution in [0.1, 0.15) is 46.8 Å². The van der Waals surface area contributed by atoms with Gasteiger partial charge in [-0.15, -0.1) is 6.58 Å². The number of rotatable bonds is 9. The zero-order chi connectivity index (χ0) is 23.3. The zero-order valence-electron chi connectivity index (χ0n) is 19.0. The highest BCUT2D eigenvalue weighted by Gasteiger charge is 2.44. The molecule has 0 radical (unpaired) electrons. The Hall–Kier alpha value is -3.48. The van der Waals surface area contributed by atoms with Gasteiger partial charge in [-0.25, -0.2) is 0 Å². The maximum absolute atomic E-state index is 13.5. The van der Waals surface area contributed by atoms with E-state index in [1.807, 2.05) is 37.3 Å². The second-order valence-electron chi connectivity index (χ2n) is 7.50. The van der Waals surface area contributed by atoms with Crippen LogP contribution in [0.4, 0.5) is 0 Å².